The molecule has 118 valence electrons. The van der Waals surface area contributed by atoms with Crippen LogP contribution >= 0.6 is 0 Å². The van der Waals surface area contributed by atoms with Crippen molar-refractivity contribution in [2.24, 2.45) is 5.84 Å². The molecule has 2 unspecified atom stereocenters. The summed E-state index contributed by atoms with van der Waals surface area (Å²) in [5.41, 5.74) is 2.57. The molecule has 0 aliphatic carbocycles. The molecule has 0 spiro atoms. The van der Waals surface area contributed by atoms with Gasteiger partial charge in [0.1, 0.15) is 0 Å². The number of nitrogens with two attached hydrogens (primary N) is 1. The van der Waals surface area contributed by atoms with Gasteiger partial charge in [0.05, 0.1) is 0 Å². The zero-order valence-electron chi connectivity index (χ0n) is 13.5. The molecule has 0 aromatic carbocycles. The SMILES string of the molecule is CCC1CCC(C)N1c1nc(NN)nc(N(CC)CC)n1. The summed E-state index contributed by atoms with van der Waals surface area (Å²) in [6, 6.07) is 0.949. The normalized spacial score (nSPS) is 21.7. The van der Waals surface area contributed by atoms with E-state index in [2.05, 4.69) is 57.9 Å². The molecule has 2 atom stereocenters. The Morgan fingerprint density at radius 3 is 2.48 bits per heavy atom. The van der Waals surface area contributed by atoms with Crippen molar-refractivity contribution in [3.63, 3.8) is 0 Å². The van der Waals surface area contributed by atoms with Crippen LogP contribution in [0.2, 0.25) is 0 Å². The summed E-state index contributed by atoms with van der Waals surface area (Å²) in [4.78, 5) is 18.0. The number of nitrogens with zero attached hydrogens (tertiary/aromatic N) is 5. The largest absolute Gasteiger partial charge is 0.341 e. The van der Waals surface area contributed by atoms with Gasteiger partial charge in [-0.05, 0) is 40.0 Å². The van der Waals surface area contributed by atoms with Crippen molar-refractivity contribution in [3.05, 3.63) is 0 Å². The van der Waals surface area contributed by atoms with Crippen molar-refractivity contribution in [1.82, 2.24) is 15.0 Å². The molecule has 2 rings (SSSR count). The zero-order chi connectivity index (χ0) is 15.4. The summed E-state index contributed by atoms with van der Waals surface area (Å²) in [6.45, 7) is 10.3. The van der Waals surface area contributed by atoms with Gasteiger partial charge >= 0.3 is 0 Å². The number of rotatable bonds is 6. The molecular formula is C14H27N7. The van der Waals surface area contributed by atoms with E-state index in [1.54, 1.807) is 0 Å². The minimum Gasteiger partial charge on any atom is -0.341 e. The Labute approximate surface area is 126 Å². The number of nitrogen functional groups attached to an aromatic ring is 1. The van der Waals surface area contributed by atoms with Crippen LogP contribution in [0, 0.1) is 0 Å². The Bertz CT molecular complexity index is 461. The first-order valence-electron chi connectivity index (χ1n) is 7.90. The first kappa shape index (κ1) is 15.8. The topological polar surface area (TPSA) is 83.2 Å². The molecule has 1 fully saturated rings. The molecule has 0 saturated carbocycles. The Morgan fingerprint density at radius 1 is 1.19 bits per heavy atom. The predicted octanol–water partition coefficient (Wildman–Crippen LogP) is 1.77. The highest BCUT2D eigenvalue weighted by Crippen LogP contribution is 2.30. The highest BCUT2D eigenvalue weighted by molar-refractivity contribution is 5.46. The maximum atomic E-state index is 5.53. The van der Waals surface area contributed by atoms with Gasteiger partial charge in [-0.2, -0.15) is 15.0 Å². The number of hydrogen-bond donors (Lipinski definition) is 2. The van der Waals surface area contributed by atoms with E-state index >= 15 is 0 Å². The Kier molecular flexibility index (Phi) is 5.17. The summed E-state index contributed by atoms with van der Waals surface area (Å²) in [5.74, 6) is 7.38. The van der Waals surface area contributed by atoms with Crippen LogP contribution in [0.25, 0.3) is 0 Å². The molecule has 0 radical (unpaired) electrons. The molecule has 1 aromatic heterocycles. The molecule has 0 bridgehead atoms. The second-order valence-electron chi connectivity index (χ2n) is 5.47. The fraction of sp³-hybridized carbons (Fsp3) is 0.786. The molecule has 7 heteroatoms. The van der Waals surface area contributed by atoms with Gasteiger partial charge < -0.3 is 9.80 Å². The fourth-order valence-corrected chi connectivity index (χ4v) is 3.01. The van der Waals surface area contributed by atoms with E-state index < -0.39 is 0 Å². The summed E-state index contributed by atoms with van der Waals surface area (Å²) in [5, 5.41) is 0. The van der Waals surface area contributed by atoms with Crippen LogP contribution < -0.4 is 21.1 Å². The third-order valence-electron chi connectivity index (χ3n) is 4.28. The van der Waals surface area contributed by atoms with E-state index in [1.165, 1.54) is 12.8 Å². The minimum atomic E-state index is 0.427. The van der Waals surface area contributed by atoms with Crippen LogP contribution in [0.15, 0.2) is 0 Å². The smallest absolute Gasteiger partial charge is 0.243 e. The highest BCUT2D eigenvalue weighted by atomic mass is 15.4. The van der Waals surface area contributed by atoms with E-state index in [9.17, 15) is 0 Å². The summed E-state index contributed by atoms with van der Waals surface area (Å²) >= 11 is 0. The van der Waals surface area contributed by atoms with Crippen LogP contribution in [-0.4, -0.2) is 40.1 Å². The molecule has 1 aliphatic heterocycles. The number of aromatic nitrogens is 3. The van der Waals surface area contributed by atoms with Crippen molar-refractivity contribution in [2.75, 3.05) is 28.3 Å². The maximum Gasteiger partial charge on any atom is 0.243 e. The van der Waals surface area contributed by atoms with Crippen LogP contribution in [0.4, 0.5) is 17.8 Å². The van der Waals surface area contributed by atoms with E-state index in [0.717, 1.165) is 25.5 Å². The average molecular weight is 293 g/mol. The predicted molar refractivity (Wildman–Crippen MR) is 86.5 cm³/mol. The molecule has 2 heterocycles. The lowest BCUT2D eigenvalue weighted by atomic mass is 10.2. The quantitative estimate of drug-likeness (QED) is 0.611. The van der Waals surface area contributed by atoms with Crippen LogP contribution in [0.5, 0.6) is 0 Å². The second-order valence-corrected chi connectivity index (χ2v) is 5.47. The van der Waals surface area contributed by atoms with Gasteiger partial charge in [-0.15, -0.1) is 0 Å². The monoisotopic (exact) mass is 293 g/mol. The van der Waals surface area contributed by atoms with Gasteiger partial charge in [0, 0.05) is 25.2 Å². The van der Waals surface area contributed by atoms with E-state index in [-0.39, 0.29) is 0 Å². The summed E-state index contributed by atoms with van der Waals surface area (Å²) < 4.78 is 0. The van der Waals surface area contributed by atoms with Gasteiger partial charge in [0.2, 0.25) is 17.8 Å². The number of hydrazine groups is 1. The molecule has 21 heavy (non-hydrogen) atoms. The maximum absolute atomic E-state index is 5.53. The van der Waals surface area contributed by atoms with Crippen molar-refractivity contribution in [1.29, 1.82) is 0 Å². The fourth-order valence-electron chi connectivity index (χ4n) is 3.01. The van der Waals surface area contributed by atoms with Gasteiger partial charge in [-0.3, -0.25) is 5.43 Å². The van der Waals surface area contributed by atoms with Crippen molar-refractivity contribution < 1.29 is 0 Å². The Hall–Kier alpha value is -1.63. The second kappa shape index (κ2) is 6.89. The first-order chi connectivity index (χ1) is 10.1. The molecule has 1 aliphatic rings. The summed E-state index contributed by atoms with van der Waals surface area (Å²) in [6.07, 6.45) is 3.47. The average Bonchev–Trinajstić information content (AvgIpc) is 2.89. The van der Waals surface area contributed by atoms with Crippen LogP contribution in [0.1, 0.15) is 47.0 Å². The van der Waals surface area contributed by atoms with E-state index in [1.807, 2.05) is 0 Å². The van der Waals surface area contributed by atoms with E-state index in [4.69, 9.17) is 5.84 Å². The van der Waals surface area contributed by atoms with E-state index in [0.29, 0.717) is 24.0 Å². The van der Waals surface area contributed by atoms with Crippen molar-refractivity contribution in [2.45, 2.75) is 59.0 Å². The van der Waals surface area contributed by atoms with Gasteiger partial charge in [-0.1, -0.05) is 6.92 Å². The highest BCUT2D eigenvalue weighted by Gasteiger charge is 2.32. The lowest BCUT2D eigenvalue weighted by molar-refractivity contribution is 0.610. The van der Waals surface area contributed by atoms with Crippen LogP contribution in [-0.2, 0) is 0 Å². The van der Waals surface area contributed by atoms with Crippen molar-refractivity contribution >= 4 is 17.8 Å². The van der Waals surface area contributed by atoms with Crippen LogP contribution in [0.3, 0.4) is 0 Å². The van der Waals surface area contributed by atoms with Gasteiger partial charge in [-0.25, -0.2) is 5.84 Å². The molecule has 1 saturated heterocycles. The number of anilines is 3. The lowest BCUT2D eigenvalue weighted by Gasteiger charge is -2.29. The molecular weight excluding hydrogens is 266 g/mol. The van der Waals surface area contributed by atoms with Crippen molar-refractivity contribution in [3.8, 4) is 0 Å². The Balaban J connectivity index is 2.40. The molecule has 1 aromatic rings. The molecule has 3 N–H and O–H groups in total. The third-order valence-corrected chi connectivity index (χ3v) is 4.28. The first-order valence-corrected chi connectivity index (χ1v) is 7.90. The zero-order valence-corrected chi connectivity index (χ0v) is 13.5. The minimum absolute atomic E-state index is 0.427. The molecule has 7 nitrogen and oxygen atoms in total. The Morgan fingerprint density at radius 2 is 1.90 bits per heavy atom. The lowest BCUT2D eigenvalue weighted by Crippen LogP contribution is -2.36. The number of hydrogen-bond acceptors (Lipinski definition) is 7. The van der Waals surface area contributed by atoms with Gasteiger partial charge in [0.25, 0.3) is 0 Å². The van der Waals surface area contributed by atoms with Gasteiger partial charge in [0.15, 0.2) is 0 Å². The summed E-state index contributed by atoms with van der Waals surface area (Å²) in [7, 11) is 0. The molecule has 0 amide bonds. The third kappa shape index (κ3) is 3.18. The number of nitrogens with one attached hydrogen (secondary N) is 1. The standard InChI is InChI=1S/C14H27N7/c1-5-11-9-8-10(4)21(11)14-17-12(19-15)16-13(18-14)20(6-2)7-3/h10-11H,5-9,15H2,1-4H3,(H,16,17,18,19).